The van der Waals surface area contributed by atoms with E-state index in [1.165, 1.54) is 12.1 Å². The third-order valence-corrected chi connectivity index (χ3v) is 8.03. The lowest BCUT2D eigenvalue weighted by atomic mass is 9.86. The minimum atomic E-state index is -2.24. The zero-order valence-corrected chi connectivity index (χ0v) is 31.6. The van der Waals surface area contributed by atoms with Crippen molar-refractivity contribution in [1.82, 2.24) is 15.6 Å². The largest absolute Gasteiger partial charge is 0.463 e. The van der Waals surface area contributed by atoms with Crippen molar-refractivity contribution in [2.75, 3.05) is 13.2 Å². The molecule has 0 radical (unpaired) electrons. The number of aliphatic hydroxyl groups is 1. The summed E-state index contributed by atoms with van der Waals surface area (Å²) < 4.78 is 28.3. The smallest absolute Gasteiger partial charge is 0.408 e. The number of aromatic amines is 1. The van der Waals surface area contributed by atoms with Crippen molar-refractivity contribution in [3.8, 4) is 6.07 Å². The molecule has 2 amide bonds. The average molecular weight is 739 g/mol. The third-order valence-electron chi connectivity index (χ3n) is 8.03. The van der Waals surface area contributed by atoms with Crippen LogP contribution in [0.3, 0.4) is 0 Å². The Morgan fingerprint density at radius 3 is 2.32 bits per heavy atom. The summed E-state index contributed by atoms with van der Waals surface area (Å²) >= 11 is 0. The summed E-state index contributed by atoms with van der Waals surface area (Å²) in [5.74, 6) is -2.29. The number of aromatic nitrogens is 1. The molecule has 1 saturated heterocycles. The summed E-state index contributed by atoms with van der Waals surface area (Å²) in [6.45, 7) is 14.6. The highest BCUT2D eigenvalue weighted by molar-refractivity contribution is 6.10. The van der Waals surface area contributed by atoms with E-state index in [1.54, 1.807) is 92.6 Å². The Kier molecular flexibility index (Phi) is 13.7. The lowest BCUT2D eigenvalue weighted by Crippen LogP contribution is -2.53. The molecule has 2 aromatic rings. The van der Waals surface area contributed by atoms with Crippen LogP contribution < -0.4 is 10.6 Å². The van der Waals surface area contributed by atoms with Gasteiger partial charge >= 0.3 is 18.0 Å². The second-order valence-corrected chi connectivity index (χ2v) is 14.9. The van der Waals surface area contributed by atoms with Gasteiger partial charge in [0.15, 0.2) is 11.9 Å². The van der Waals surface area contributed by atoms with Crippen molar-refractivity contribution < 1.29 is 48.0 Å². The Hall–Kier alpha value is -5.11. The van der Waals surface area contributed by atoms with E-state index in [9.17, 15) is 29.5 Å². The maximum atomic E-state index is 13.8. The molecule has 3 rings (SSSR count). The fourth-order valence-corrected chi connectivity index (χ4v) is 5.37. The van der Waals surface area contributed by atoms with Crippen LogP contribution in [0.4, 0.5) is 4.79 Å². The van der Waals surface area contributed by atoms with Crippen LogP contribution in [0.2, 0.25) is 0 Å². The van der Waals surface area contributed by atoms with Gasteiger partial charge < -0.3 is 44.4 Å². The number of aliphatic hydroxyl groups excluding tert-OH is 1. The average Bonchev–Trinajstić information content (AvgIpc) is 3.65. The van der Waals surface area contributed by atoms with E-state index in [2.05, 4.69) is 20.6 Å². The number of esters is 2. The van der Waals surface area contributed by atoms with Gasteiger partial charge in [0.25, 0.3) is 5.91 Å². The van der Waals surface area contributed by atoms with Crippen molar-refractivity contribution in [1.29, 1.82) is 10.7 Å². The Bertz CT molecular complexity index is 1700. The number of rotatable bonds is 13. The van der Waals surface area contributed by atoms with Crippen molar-refractivity contribution in [2.24, 2.45) is 10.4 Å². The molecule has 53 heavy (non-hydrogen) atoms. The molecule has 0 aliphatic carbocycles. The summed E-state index contributed by atoms with van der Waals surface area (Å²) in [6.07, 6.45) is -5.10. The molecule has 1 aromatic heterocycles. The zero-order chi connectivity index (χ0) is 39.8. The zero-order valence-electron chi connectivity index (χ0n) is 31.6. The fraction of sp³-hybridized carbons (Fsp3) is 0.541. The van der Waals surface area contributed by atoms with Gasteiger partial charge in [-0.3, -0.25) is 15.0 Å². The molecule has 5 atom stereocenters. The first-order valence-electron chi connectivity index (χ1n) is 17.1. The van der Waals surface area contributed by atoms with Crippen LogP contribution in [0.15, 0.2) is 47.5 Å². The maximum Gasteiger partial charge on any atom is 0.408 e. The monoisotopic (exact) mass is 738 g/mol. The molecule has 0 spiro atoms. The number of nitrogens with zero attached hydrogens (tertiary/aromatic N) is 2. The highest BCUT2D eigenvalue weighted by Crippen LogP contribution is 2.41. The summed E-state index contributed by atoms with van der Waals surface area (Å²) in [4.78, 5) is 59.2. The quantitative estimate of drug-likeness (QED) is 0.0864. The minimum absolute atomic E-state index is 0.0306. The lowest BCUT2D eigenvalue weighted by molar-refractivity contribution is -0.164. The molecule has 16 heteroatoms. The van der Waals surface area contributed by atoms with Gasteiger partial charge in [0.1, 0.15) is 48.5 Å². The molecule has 5 N–H and O–H groups in total. The van der Waals surface area contributed by atoms with Gasteiger partial charge in [-0.1, -0.05) is 51.1 Å². The number of amides is 2. The molecule has 1 fully saturated rings. The molecule has 0 bridgehead atoms. The lowest BCUT2D eigenvalue weighted by Gasteiger charge is -2.32. The number of ether oxygens (including phenoxy) is 5. The predicted octanol–water partition coefficient (Wildman–Crippen LogP) is 3.42. The van der Waals surface area contributed by atoms with Gasteiger partial charge in [0.05, 0.1) is 17.8 Å². The molecule has 1 aromatic carbocycles. The Labute approximate surface area is 309 Å². The van der Waals surface area contributed by atoms with Gasteiger partial charge in [-0.15, -0.1) is 0 Å². The van der Waals surface area contributed by atoms with E-state index in [4.69, 9.17) is 29.1 Å². The minimum Gasteiger partial charge on any atom is -0.463 e. The number of hydrogen-bond donors (Lipinski definition) is 5. The first-order valence-corrected chi connectivity index (χ1v) is 17.1. The van der Waals surface area contributed by atoms with Crippen LogP contribution in [0.25, 0.3) is 0 Å². The van der Waals surface area contributed by atoms with E-state index >= 15 is 0 Å². The number of benzene rings is 1. The van der Waals surface area contributed by atoms with E-state index in [0.29, 0.717) is 11.9 Å². The fourth-order valence-electron chi connectivity index (χ4n) is 5.37. The van der Waals surface area contributed by atoms with Crippen LogP contribution in [-0.4, -0.2) is 95.0 Å². The maximum absolute atomic E-state index is 13.8. The number of carbonyl (C=O) groups is 4. The molecule has 16 nitrogen and oxygen atoms in total. The topological polar surface area (TPSA) is 235 Å². The molecule has 2 heterocycles. The van der Waals surface area contributed by atoms with Crippen molar-refractivity contribution in [2.45, 2.75) is 110 Å². The first kappa shape index (κ1) is 42.3. The number of nitrogens with one attached hydrogen (secondary N) is 4. The first-order chi connectivity index (χ1) is 24.7. The van der Waals surface area contributed by atoms with Crippen molar-refractivity contribution >= 4 is 36.1 Å². The number of nitriles is 1. The van der Waals surface area contributed by atoms with Crippen LogP contribution in [0, 0.1) is 22.2 Å². The van der Waals surface area contributed by atoms with E-state index < -0.39 is 77.1 Å². The predicted molar refractivity (Wildman–Crippen MR) is 192 cm³/mol. The number of aliphatic imine (C=N–C) groups is 1. The number of carbonyl (C=O) groups excluding carboxylic acids is 4. The molecule has 1 aliphatic rings. The Morgan fingerprint density at radius 1 is 1.09 bits per heavy atom. The third kappa shape index (κ3) is 11.0. The van der Waals surface area contributed by atoms with E-state index in [0.717, 1.165) is 0 Å². The normalized spacial score (nSPS) is 21.2. The number of hydrogen-bond acceptors (Lipinski definition) is 12. The van der Waals surface area contributed by atoms with Crippen LogP contribution >= 0.6 is 0 Å². The van der Waals surface area contributed by atoms with Gasteiger partial charge in [-0.2, -0.15) is 5.26 Å². The summed E-state index contributed by atoms with van der Waals surface area (Å²) in [5, 5.41) is 35.0. The SMILES string of the molecule is CCOC(C)(C)C(=O)N/C(=N/C=N)c1ccc([C@]2(C#N)O[C@H](COC(=O)Cc3ccccc3)[C@@H](OC(=O)[C@@H](NC(=O)OC(C)(C)C)C(C)(C)C)[C@H]2O)[nH]1. The molecular weight excluding hydrogens is 688 g/mol. The molecule has 288 valence electrons. The van der Waals surface area contributed by atoms with Gasteiger partial charge in [-0.25, -0.2) is 14.6 Å². The highest BCUT2D eigenvalue weighted by Gasteiger charge is 2.60. The number of amidine groups is 1. The second kappa shape index (κ2) is 17.1. The van der Waals surface area contributed by atoms with Crippen molar-refractivity contribution in [3.63, 3.8) is 0 Å². The van der Waals surface area contributed by atoms with Gasteiger partial charge in [-0.05, 0) is 64.7 Å². The molecular formula is C37H50N6O10. The summed E-state index contributed by atoms with van der Waals surface area (Å²) in [6, 6.07) is 12.3. The van der Waals surface area contributed by atoms with Crippen LogP contribution in [0.5, 0.6) is 0 Å². The van der Waals surface area contributed by atoms with Crippen LogP contribution in [0.1, 0.15) is 79.3 Å². The van der Waals surface area contributed by atoms with Crippen molar-refractivity contribution in [3.05, 3.63) is 59.4 Å². The second-order valence-electron chi connectivity index (χ2n) is 14.9. The van der Waals surface area contributed by atoms with E-state index in [1.807, 2.05) is 6.07 Å². The van der Waals surface area contributed by atoms with Crippen LogP contribution in [-0.2, 0) is 50.1 Å². The molecule has 0 unspecified atom stereocenters. The number of H-pyrrole nitrogens is 1. The molecule has 1 aliphatic heterocycles. The Morgan fingerprint density at radius 2 is 1.75 bits per heavy atom. The van der Waals surface area contributed by atoms with Gasteiger partial charge in [0.2, 0.25) is 5.60 Å². The standard InChI is InChI=1S/C37H50N6O10/c1-10-50-36(8,9)32(47)43-30(40-21-39)23-16-17-25(41-23)37(20-38)29(45)27(24(52-37)19-49-26(44)18-22-14-12-11-13-15-22)51-31(46)28(34(2,3)4)42-33(48)53-35(5,6)7/h11-17,21,24,27-29,41,45H,10,18-19H2,1-9H3,(H,42,48)(H2,39,40,43,47)/t24-,27-,28-,29-,37+/m1/s1. The number of alkyl carbamates (subject to hydrolysis) is 1. The summed E-state index contributed by atoms with van der Waals surface area (Å²) in [5.41, 5.74) is -4.49. The Balaban J connectivity index is 1.98. The summed E-state index contributed by atoms with van der Waals surface area (Å²) in [7, 11) is 0. The van der Waals surface area contributed by atoms with Gasteiger partial charge in [0, 0.05) is 6.61 Å². The van der Waals surface area contributed by atoms with E-state index in [-0.39, 0.29) is 30.3 Å². The molecule has 0 saturated carbocycles. The highest BCUT2D eigenvalue weighted by atomic mass is 16.6.